The van der Waals surface area contributed by atoms with Gasteiger partial charge in [0.15, 0.2) is 11.8 Å². The largest absolute Gasteiger partial charge is 0.497 e. The number of carbonyl (C=O) groups is 2. The number of esters is 1. The molecule has 1 amide bonds. The lowest BCUT2D eigenvalue weighted by atomic mass is 10.2. The van der Waals surface area contributed by atoms with E-state index in [1.807, 2.05) is 49.5 Å². The molecule has 0 saturated carbocycles. The van der Waals surface area contributed by atoms with Crippen molar-refractivity contribution in [2.24, 2.45) is 0 Å². The van der Waals surface area contributed by atoms with Gasteiger partial charge >= 0.3 is 5.97 Å². The molecule has 3 rings (SSSR count). The number of aromatic nitrogens is 2. The van der Waals surface area contributed by atoms with Gasteiger partial charge in [-0.05, 0) is 49.2 Å². The van der Waals surface area contributed by atoms with E-state index in [0.717, 1.165) is 16.9 Å². The first kappa shape index (κ1) is 18.4. The minimum Gasteiger partial charge on any atom is -0.497 e. The number of fused-ring (bicyclic) bond motifs is 1. The molecule has 140 valence electrons. The summed E-state index contributed by atoms with van der Waals surface area (Å²) in [6.07, 6.45) is 2.47. The van der Waals surface area contributed by atoms with Crippen molar-refractivity contribution in [3.8, 4) is 5.75 Å². The van der Waals surface area contributed by atoms with Crippen LogP contribution in [-0.2, 0) is 16.1 Å². The Hall–Kier alpha value is -3.35. The van der Waals surface area contributed by atoms with Crippen LogP contribution in [0.1, 0.15) is 28.5 Å². The highest BCUT2D eigenvalue weighted by atomic mass is 16.5. The fraction of sp³-hybridized carbons (Fsp3) is 0.250. The number of rotatable bonds is 6. The van der Waals surface area contributed by atoms with E-state index in [9.17, 15) is 9.59 Å². The average molecular weight is 367 g/mol. The Bertz CT molecular complexity index is 963. The number of aryl methyl sites for hydroxylation is 1. The topological polar surface area (TPSA) is 81.9 Å². The molecule has 3 aromatic rings. The molecular formula is C20H21N3O4. The van der Waals surface area contributed by atoms with Crippen LogP contribution >= 0.6 is 0 Å². The third kappa shape index (κ3) is 4.44. The summed E-state index contributed by atoms with van der Waals surface area (Å²) in [6, 6.07) is 11.1. The van der Waals surface area contributed by atoms with Crippen LogP contribution in [0.3, 0.4) is 0 Å². The quantitative estimate of drug-likeness (QED) is 0.677. The van der Waals surface area contributed by atoms with Gasteiger partial charge in [0.05, 0.1) is 7.11 Å². The van der Waals surface area contributed by atoms with E-state index < -0.39 is 12.1 Å². The first-order valence-electron chi connectivity index (χ1n) is 8.53. The van der Waals surface area contributed by atoms with E-state index in [1.165, 1.54) is 6.92 Å². The fourth-order valence-electron chi connectivity index (χ4n) is 2.53. The summed E-state index contributed by atoms with van der Waals surface area (Å²) in [5, 5.41) is 2.74. The van der Waals surface area contributed by atoms with Crippen molar-refractivity contribution in [1.29, 1.82) is 0 Å². The van der Waals surface area contributed by atoms with Gasteiger partial charge < -0.3 is 19.2 Å². The summed E-state index contributed by atoms with van der Waals surface area (Å²) < 4.78 is 12.1. The number of benzene rings is 1. The molecule has 1 N–H and O–H groups in total. The van der Waals surface area contributed by atoms with Crippen LogP contribution in [-0.4, -0.2) is 34.5 Å². The molecule has 0 aliphatic rings. The molecule has 0 spiro atoms. The zero-order valence-electron chi connectivity index (χ0n) is 15.4. The Labute approximate surface area is 156 Å². The van der Waals surface area contributed by atoms with E-state index in [2.05, 4.69) is 10.3 Å². The summed E-state index contributed by atoms with van der Waals surface area (Å²) in [7, 11) is 1.59. The second-order valence-electron chi connectivity index (χ2n) is 6.21. The zero-order chi connectivity index (χ0) is 19.4. The van der Waals surface area contributed by atoms with Crippen LogP contribution < -0.4 is 10.1 Å². The van der Waals surface area contributed by atoms with E-state index in [0.29, 0.717) is 12.2 Å². The summed E-state index contributed by atoms with van der Waals surface area (Å²) in [4.78, 5) is 28.7. The third-order valence-electron chi connectivity index (χ3n) is 4.10. The Morgan fingerprint density at radius 2 is 1.96 bits per heavy atom. The predicted molar refractivity (Wildman–Crippen MR) is 99.6 cm³/mol. The third-order valence-corrected chi connectivity index (χ3v) is 4.10. The lowest BCUT2D eigenvalue weighted by Crippen LogP contribution is -2.35. The molecule has 1 atom stereocenters. The number of methoxy groups -OCH3 is 1. The van der Waals surface area contributed by atoms with E-state index in [4.69, 9.17) is 9.47 Å². The Morgan fingerprint density at radius 3 is 2.67 bits per heavy atom. The number of carbonyl (C=O) groups excluding carboxylic acids is 2. The van der Waals surface area contributed by atoms with Gasteiger partial charge in [0.1, 0.15) is 11.4 Å². The minimum atomic E-state index is -0.928. The average Bonchev–Trinajstić information content (AvgIpc) is 3.09. The number of hydrogen-bond donors (Lipinski definition) is 1. The van der Waals surface area contributed by atoms with Gasteiger partial charge in [-0.3, -0.25) is 4.79 Å². The molecule has 0 aliphatic carbocycles. The first-order chi connectivity index (χ1) is 13.0. The lowest BCUT2D eigenvalue weighted by molar-refractivity contribution is -0.129. The first-order valence-corrected chi connectivity index (χ1v) is 8.53. The number of imidazole rings is 1. The molecular weight excluding hydrogens is 346 g/mol. The van der Waals surface area contributed by atoms with Crippen LogP contribution in [0.2, 0.25) is 0 Å². The normalized spacial score (nSPS) is 11.8. The fourth-order valence-corrected chi connectivity index (χ4v) is 2.53. The monoisotopic (exact) mass is 367 g/mol. The molecule has 2 aromatic heterocycles. The molecule has 0 aliphatic heterocycles. The Morgan fingerprint density at radius 1 is 1.22 bits per heavy atom. The second-order valence-corrected chi connectivity index (χ2v) is 6.21. The highest BCUT2D eigenvalue weighted by molar-refractivity contribution is 5.91. The Kier molecular flexibility index (Phi) is 5.40. The maximum absolute atomic E-state index is 12.3. The molecule has 7 nitrogen and oxygen atoms in total. The van der Waals surface area contributed by atoms with Gasteiger partial charge in [-0.15, -0.1) is 0 Å². The second kappa shape index (κ2) is 7.90. The number of ether oxygens (including phenoxy) is 2. The molecule has 7 heteroatoms. The standard InChI is InChI=1S/C20H21N3O4/c1-13-8-9-23-12-17(22-18(23)10-13)20(25)27-14(2)19(24)21-11-15-4-6-16(26-3)7-5-15/h4-10,12,14H,11H2,1-3H3,(H,21,24). The molecule has 1 unspecified atom stereocenters. The van der Waals surface area contributed by atoms with Gasteiger partial charge in [0, 0.05) is 18.9 Å². The van der Waals surface area contributed by atoms with Crippen LogP contribution in [0, 0.1) is 6.92 Å². The summed E-state index contributed by atoms with van der Waals surface area (Å²) in [5.41, 5.74) is 2.77. The van der Waals surface area contributed by atoms with Gasteiger partial charge in [0.25, 0.3) is 5.91 Å². The van der Waals surface area contributed by atoms with Gasteiger partial charge in [-0.25, -0.2) is 9.78 Å². The molecule has 0 bridgehead atoms. The highest BCUT2D eigenvalue weighted by Crippen LogP contribution is 2.12. The smallest absolute Gasteiger partial charge is 0.359 e. The van der Waals surface area contributed by atoms with Gasteiger partial charge in [-0.1, -0.05) is 12.1 Å². The molecule has 1 aromatic carbocycles. The summed E-state index contributed by atoms with van der Waals surface area (Å²) in [6.45, 7) is 3.81. The molecule has 0 radical (unpaired) electrons. The van der Waals surface area contributed by atoms with E-state index >= 15 is 0 Å². The van der Waals surface area contributed by atoms with Gasteiger partial charge in [-0.2, -0.15) is 0 Å². The van der Waals surface area contributed by atoms with Crippen LogP contribution in [0.5, 0.6) is 5.75 Å². The lowest BCUT2D eigenvalue weighted by Gasteiger charge is -2.13. The van der Waals surface area contributed by atoms with Crippen molar-refractivity contribution in [3.05, 3.63) is 65.6 Å². The maximum atomic E-state index is 12.3. The molecule has 0 saturated heterocycles. The summed E-state index contributed by atoms with van der Waals surface area (Å²) >= 11 is 0. The molecule has 2 heterocycles. The van der Waals surface area contributed by atoms with Crippen molar-refractivity contribution in [2.45, 2.75) is 26.5 Å². The van der Waals surface area contributed by atoms with Crippen molar-refractivity contribution >= 4 is 17.5 Å². The number of nitrogens with one attached hydrogen (secondary N) is 1. The minimum absolute atomic E-state index is 0.162. The number of hydrogen-bond acceptors (Lipinski definition) is 5. The van der Waals surface area contributed by atoms with Crippen LogP contribution in [0.25, 0.3) is 5.65 Å². The van der Waals surface area contributed by atoms with Crippen molar-refractivity contribution in [2.75, 3.05) is 7.11 Å². The van der Waals surface area contributed by atoms with Crippen molar-refractivity contribution in [3.63, 3.8) is 0 Å². The SMILES string of the molecule is COc1ccc(CNC(=O)C(C)OC(=O)c2cn3ccc(C)cc3n2)cc1. The number of amides is 1. The van der Waals surface area contributed by atoms with Gasteiger partial charge in [0.2, 0.25) is 0 Å². The predicted octanol–water partition coefficient (Wildman–Crippen LogP) is 2.51. The highest BCUT2D eigenvalue weighted by Gasteiger charge is 2.20. The number of nitrogens with zero attached hydrogens (tertiary/aromatic N) is 2. The number of pyridine rings is 1. The maximum Gasteiger partial charge on any atom is 0.359 e. The van der Waals surface area contributed by atoms with E-state index in [1.54, 1.807) is 17.7 Å². The van der Waals surface area contributed by atoms with Crippen molar-refractivity contribution < 1.29 is 19.1 Å². The van der Waals surface area contributed by atoms with E-state index in [-0.39, 0.29) is 11.6 Å². The molecule has 0 fully saturated rings. The van der Waals surface area contributed by atoms with Crippen molar-refractivity contribution in [1.82, 2.24) is 14.7 Å². The van der Waals surface area contributed by atoms with Crippen LogP contribution in [0.4, 0.5) is 0 Å². The molecule has 27 heavy (non-hydrogen) atoms. The zero-order valence-corrected chi connectivity index (χ0v) is 15.4. The summed E-state index contributed by atoms with van der Waals surface area (Å²) in [5.74, 6) is -0.266. The Balaban J connectivity index is 1.56. The van der Waals surface area contributed by atoms with Crippen LogP contribution in [0.15, 0.2) is 48.8 Å².